The van der Waals surface area contributed by atoms with Crippen LogP contribution in [-0.2, 0) is 6.42 Å². The molecule has 0 unspecified atom stereocenters. The monoisotopic (exact) mass is 452 g/mol. The lowest BCUT2D eigenvalue weighted by Gasteiger charge is -2.30. The van der Waals surface area contributed by atoms with Gasteiger partial charge in [0.05, 0.1) is 17.7 Å². The van der Waals surface area contributed by atoms with Crippen molar-refractivity contribution in [1.82, 2.24) is 24.3 Å². The Morgan fingerprint density at radius 3 is 2.74 bits per heavy atom. The zero-order chi connectivity index (χ0) is 23.4. The highest BCUT2D eigenvalue weighted by Crippen LogP contribution is 2.39. The molecule has 1 aliphatic heterocycles. The molecule has 2 aromatic heterocycles. The van der Waals surface area contributed by atoms with Gasteiger partial charge in [0.15, 0.2) is 5.82 Å². The third-order valence-electron chi connectivity index (χ3n) is 6.92. The molecule has 4 aromatic rings. The van der Waals surface area contributed by atoms with E-state index in [2.05, 4.69) is 52.8 Å². The Morgan fingerprint density at radius 1 is 1.09 bits per heavy atom. The molecule has 1 aliphatic carbocycles. The van der Waals surface area contributed by atoms with Gasteiger partial charge in [-0.3, -0.25) is 4.79 Å². The molecule has 7 nitrogen and oxygen atoms in total. The summed E-state index contributed by atoms with van der Waals surface area (Å²) in [5.41, 5.74) is 7.05. The van der Waals surface area contributed by atoms with Crippen molar-refractivity contribution in [1.29, 1.82) is 0 Å². The third kappa shape index (κ3) is 3.52. The predicted molar refractivity (Wildman–Crippen MR) is 131 cm³/mol. The summed E-state index contributed by atoms with van der Waals surface area (Å²) < 4.78 is 4.11. The summed E-state index contributed by atoms with van der Waals surface area (Å²) in [7, 11) is 0. The molecular formula is C27H28N6O. The minimum atomic E-state index is 0.0347. The van der Waals surface area contributed by atoms with Crippen LogP contribution in [0.1, 0.15) is 65.8 Å². The fraction of sp³-hybridized carbons (Fsp3) is 0.333. The lowest BCUT2D eigenvalue weighted by molar-refractivity contribution is 0.0980. The second-order valence-electron chi connectivity index (χ2n) is 9.69. The van der Waals surface area contributed by atoms with Crippen LogP contribution in [0.5, 0.6) is 0 Å². The van der Waals surface area contributed by atoms with Gasteiger partial charge in [0.1, 0.15) is 6.33 Å². The van der Waals surface area contributed by atoms with Crippen LogP contribution in [-0.4, -0.2) is 36.8 Å². The summed E-state index contributed by atoms with van der Waals surface area (Å²) in [5.74, 6) is 1.45. The molecule has 7 heteroatoms. The number of imidazole rings is 1. The highest BCUT2D eigenvalue weighted by Gasteiger charge is 2.29. The average molecular weight is 453 g/mol. The molecule has 3 heterocycles. The maximum atomic E-state index is 13.7. The van der Waals surface area contributed by atoms with Crippen LogP contribution in [0.3, 0.4) is 0 Å². The highest BCUT2D eigenvalue weighted by atomic mass is 16.2. The molecular weight excluding hydrogens is 424 g/mol. The maximum Gasteiger partial charge on any atom is 0.258 e. The summed E-state index contributed by atoms with van der Waals surface area (Å²) in [5, 5.41) is 8.42. The summed E-state index contributed by atoms with van der Waals surface area (Å²) in [6.07, 6.45) is 9.02. The van der Waals surface area contributed by atoms with E-state index >= 15 is 0 Å². The SMILES string of the molecule is Cc1cc2c(cc1-n1cnc(C3CC3)c1)C(=O)N(c1cccc(-c3nncn3C(C)C)c1)CC2. The van der Waals surface area contributed by atoms with Crippen LogP contribution in [0.25, 0.3) is 17.1 Å². The normalized spacial score (nSPS) is 15.8. The number of carbonyl (C=O) groups is 1. The van der Waals surface area contributed by atoms with Crippen LogP contribution >= 0.6 is 0 Å². The number of aromatic nitrogens is 5. The largest absolute Gasteiger partial charge is 0.311 e. The van der Waals surface area contributed by atoms with Crippen molar-refractivity contribution >= 4 is 11.6 Å². The van der Waals surface area contributed by atoms with E-state index in [0.29, 0.717) is 12.5 Å². The zero-order valence-electron chi connectivity index (χ0n) is 19.8. The van der Waals surface area contributed by atoms with E-state index in [0.717, 1.165) is 51.6 Å². The van der Waals surface area contributed by atoms with Gasteiger partial charge in [0.2, 0.25) is 0 Å². The van der Waals surface area contributed by atoms with Crippen LogP contribution in [0.2, 0.25) is 0 Å². The molecule has 0 saturated heterocycles. The predicted octanol–water partition coefficient (Wildman–Crippen LogP) is 5.10. The van der Waals surface area contributed by atoms with Crippen molar-refractivity contribution in [3.05, 3.63) is 77.6 Å². The second kappa shape index (κ2) is 7.94. The standard InChI is InChI=1S/C27H28N6O/c1-17(2)33-16-29-30-26(33)21-5-4-6-22(12-21)32-10-9-20-11-18(3)25(13-23(20)27(32)34)31-14-24(28-15-31)19-7-8-19/h4-6,11-17,19H,7-10H2,1-3H3. The molecule has 34 heavy (non-hydrogen) atoms. The van der Waals surface area contributed by atoms with Gasteiger partial charge in [0, 0.05) is 41.5 Å². The molecule has 0 spiro atoms. The minimum absolute atomic E-state index is 0.0347. The molecule has 1 saturated carbocycles. The van der Waals surface area contributed by atoms with E-state index in [9.17, 15) is 4.79 Å². The zero-order valence-corrected chi connectivity index (χ0v) is 19.8. The average Bonchev–Trinajstić information content (AvgIpc) is 3.35. The number of rotatable bonds is 5. The quantitative estimate of drug-likeness (QED) is 0.422. The first-order chi connectivity index (χ1) is 16.5. The third-order valence-corrected chi connectivity index (χ3v) is 6.92. The number of amides is 1. The summed E-state index contributed by atoms with van der Waals surface area (Å²) in [6, 6.07) is 12.5. The molecule has 0 bridgehead atoms. The van der Waals surface area contributed by atoms with E-state index in [1.165, 1.54) is 12.8 Å². The maximum absolute atomic E-state index is 13.7. The van der Waals surface area contributed by atoms with Gasteiger partial charge in [-0.25, -0.2) is 4.98 Å². The molecule has 2 aromatic carbocycles. The molecule has 0 N–H and O–H groups in total. The Hall–Kier alpha value is -3.74. The Kier molecular flexibility index (Phi) is 4.86. The summed E-state index contributed by atoms with van der Waals surface area (Å²) in [4.78, 5) is 20.2. The molecule has 6 rings (SSSR count). The van der Waals surface area contributed by atoms with Crippen LogP contribution in [0.4, 0.5) is 5.69 Å². The van der Waals surface area contributed by atoms with Gasteiger partial charge in [-0.2, -0.15) is 0 Å². The van der Waals surface area contributed by atoms with Crippen molar-refractivity contribution in [3.63, 3.8) is 0 Å². The molecule has 0 atom stereocenters. The summed E-state index contributed by atoms with van der Waals surface area (Å²) >= 11 is 0. The second-order valence-corrected chi connectivity index (χ2v) is 9.69. The van der Waals surface area contributed by atoms with Gasteiger partial charge >= 0.3 is 0 Å². The van der Waals surface area contributed by atoms with E-state index in [1.54, 1.807) is 6.33 Å². The molecule has 1 amide bonds. The van der Waals surface area contributed by atoms with E-state index < -0.39 is 0 Å². The first kappa shape index (κ1) is 20.8. The van der Waals surface area contributed by atoms with Crippen molar-refractivity contribution in [2.75, 3.05) is 11.4 Å². The molecule has 1 fully saturated rings. The lowest BCUT2D eigenvalue weighted by atomic mass is 9.95. The van der Waals surface area contributed by atoms with E-state index in [4.69, 9.17) is 0 Å². The number of carbonyl (C=O) groups excluding carboxylic acids is 1. The number of hydrogen-bond acceptors (Lipinski definition) is 4. The number of anilines is 1. The first-order valence-electron chi connectivity index (χ1n) is 12.0. The van der Waals surface area contributed by atoms with Crippen molar-refractivity contribution < 1.29 is 4.79 Å². The molecule has 0 radical (unpaired) electrons. The number of nitrogens with zero attached hydrogens (tertiary/aromatic N) is 6. The first-order valence-corrected chi connectivity index (χ1v) is 12.0. The molecule has 172 valence electrons. The highest BCUT2D eigenvalue weighted by molar-refractivity contribution is 6.08. The Bertz CT molecular complexity index is 1390. The van der Waals surface area contributed by atoms with Crippen LogP contribution in [0.15, 0.2) is 55.2 Å². The lowest BCUT2D eigenvalue weighted by Crippen LogP contribution is -2.37. The fourth-order valence-electron chi connectivity index (χ4n) is 4.87. The fourth-order valence-corrected chi connectivity index (χ4v) is 4.87. The van der Waals surface area contributed by atoms with Gasteiger partial charge in [0.25, 0.3) is 5.91 Å². The van der Waals surface area contributed by atoms with Gasteiger partial charge in [-0.05, 0) is 69.4 Å². The topological polar surface area (TPSA) is 68.8 Å². The smallest absolute Gasteiger partial charge is 0.258 e. The number of fused-ring (bicyclic) bond motifs is 1. The van der Waals surface area contributed by atoms with Gasteiger partial charge < -0.3 is 14.0 Å². The van der Waals surface area contributed by atoms with E-state index in [-0.39, 0.29) is 11.9 Å². The van der Waals surface area contributed by atoms with Crippen molar-refractivity contribution in [3.8, 4) is 17.1 Å². The van der Waals surface area contributed by atoms with Gasteiger partial charge in [-0.1, -0.05) is 18.2 Å². The minimum Gasteiger partial charge on any atom is -0.311 e. The summed E-state index contributed by atoms with van der Waals surface area (Å²) in [6.45, 7) is 6.98. The van der Waals surface area contributed by atoms with Crippen LogP contribution < -0.4 is 4.90 Å². The van der Waals surface area contributed by atoms with Crippen molar-refractivity contribution in [2.24, 2.45) is 0 Å². The number of aryl methyl sites for hydroxylation is 1. The van der Waals surface area contributed by atoms with E-state index in [1.807, 2.05) is 46.1 Å². The Morgan fingerprint density at radius 2 is 1.94 bits per heavy atom. The van der Waals surface area contributed by atoms with Crippen molar-refractivity contribution in [2.45, 2.75) is 52.0 Å². The Labute approximate surface area is 199 Å². The number of hydrogen-bond donors (Lipinski definition) is 0. The number of benzene rings is 2. The van der Waals surface area contributed by atoms with Crippen LogP contribution in [0, 0.1) is 6.92 Å². The molecule has 2 aliphatic rings. The van der Waals surface area contributed by atoms with Gasteiger partial charge in [-0.15, -0.1) is 10.2 Å². The Balaban J connectivity index is 1.34.